The number of likely N-dealkylation sites (tertiary alicyclic amines) is 1. The summed E-state index contributed by atoms with van der Waals surface area (Å²) in [7, 11) is 0. The Morgan fingerprint density at radius 1 is 1.24 bits per heavy atom. The van der Waals surface area contributed by atoms with E-state index in [1.807, 2.05) is 19.1 Å². The molecule has 0 aromatic heterocycles. The van der Waals surface area contributed by atoms with E-state index < -0.39 is 0 Å². The summed E-state index contributed by atoms with van der Waals surface area (Å²) >= 11 is 0. The molecule has 0 radical (unpaired) electrons. The van der Waals surface area contributed by atoms with Gasteiger partial charge in [0.05, 0.1) is 6.61 Å². The number of amides is 1. The maximum Gasteiger partial charge on any atom is 0.225 e. The van der Waals surface area contributed by atoms with Crippen LogP contribution in [0.1, 0.15) is 51.5 Å². The lowest BCUT2D eigenvalue weighted by Crippen LogP contribution is -2.45. The molecule has 1 atom stereocenters. The summed E-state index contributed by atoms with van der Waals surface area (Å²) in [5, 5.41) is 6.87. The second-order valence-electron chi connectivity index (χ2n) is 7.99. The molecule has 1 aromatic carbocycles. The zero-order valence-corrected chi connectivity index (χ0v) is 18.0. The van der Waals surface area contributed by atoms with Crippen LogP contribution in [0.25, 0.3) is 0 Å². The van der Waals surface area contributed by atoms with Crippen LogP contribution in [-0.2, 0) is 11.2 Å². The minimum Gasteiger partial charge on any atom is -0.494 e. The van der Waals surface area contributed by atoms with Gasteiger partial charge in [-0.05, 0) is 57.2 Å². The van der Waals surface area contributed by atoms with Crippen molar-refractivity contribution in [1.82, 2.24) is 15.5 Å². The predicted molar refractivity (Wildman–Crippen MR) is 117 cm³/mol. The van der Waals surface area contributed by atoms with Crippen LogP contribution in [0.15, 0.2) is 29.3 Å². The average molecular weight is 401 g/mol. The van der Waals surface area contributed by atoms with Crippen molar-refractivity contribution in [3.8, 4) is 5.75 Å². The lowest BCUT2D eigenvalue weighted by Gasteiger charge is -2.21. The highest BCUT2D eigenvalue weighted by Crippen LogP contribution is 2.27. The van der Waals surface area contributed by atoms with Crippen LogP contribution in [0.2, 0.25) is 0 Å². The number of hydrogen-bond donors (Lipinski definition) is 2. The molecule has 29 heavy (non-hydrogen) atoms. The second-order valence-corrected chi connectivity index (χ2v) is 7.99. The molecule has 6 heteroatoms. The van der Waals surface area contributed by atoms with E-state index in [1.165, 1.54) is 18.4 Å². The van der Waals surface area contributed by atoms with Gasteiger partial charge in [-0.3, -0.25) is 9.79 Å². The third kappa shape index (κ3) is 6.38. The SMILES string of the molecule is CCNC(=NCCc1cccc(OCC)c1)NC1CCN(C(=O)C2CCCC2)C1. The topological polar surface area (TPSA) is 66.0 Å². The van der Waals surface area contributed by atoms with Gasteiger partial charge in [-0.15, -0.1) is 0 Å². The van der Waals surface area contributed by atoms with Crippen molar-refractivity contribution in [3.63, 3.8) is 0 Å². The number of nitrogens with zero attached hydrogens (tertiary/aromatic N) is 2. The summed E-state index contributed by atoms with van der Waals surface area (Å²) in [6, 6.07) is 8.49. The first kappa shape index (κ1) is 21.5. The molecule has 1 saturated heterocycles. The second kappa shape index (κ2) is 11.1. The number of hydrogen-bond acceptors (Lipinski definition) is 3. The molecule has 1 heterocycles. The molecule has 3 rings (SSSR count). The van der Waals surface area contributed by atoms with Gasteiger partial charge in [-0.25, -0.2) is 0 Å². The highest BCUT2D eigenvalue weighted by atomic mass is 16.5. The fourth-order valence-corrected chi connectivity index (χ4v) is 4.28. The minimum absolute atomic E-state index is 0.267. The molecule has 0 spiro atoms. The van der Waals surface area contributed by atoms with E-state index in [1.54, 1.807) is 0 Å². The summed E-state index contributed by atoms with van der Waals surface area (Å²) in [5.74, 6) is 2.39. The summed E-state index contributed by atoms with van der Waals surface area (Å²) in [6.45, 7) is 7.93. The molecular formula is C23H36N4O2. The standard InChI is InChI=1S/C23H36N4O2/c1-3-24-23(25-14-12-18-8-7-11-21(16-18)29-4-2)26-20-13-15-27(17-20)22(28)19-9-5-6-10-19/h7-8,11,16,19-20H,3-6,9-10,12-15,17H2,1-2H3,(H2,24,25,26). The van der Waals surface area contributed by atoms with E-state index in [2.05, 4.69) is 34.6 Å². The van der Waals surface area contributed by atoms with Crippen LogP contribution in [0.5, 0.6) is 5.75 Å². The van der Waals surface area contributed by atoms with Crippen LogP contribution in [0.4, 0.5) is 0 Å². The smallest absolute Gasteiger partial charge is 0.225 e. The number of ether oxygens (including phenoxy) is 1. The highest BCUT2D eigenvalue weighted by Gasteiger charge is 2.32. The van der Waals surface area contributed by atoms with Crippen molar-refractivity contribution in [1.29, 1.82) is 0 Å². The van der Waals surface area contributed by atoms with Gasteiger partial charge in [0.25, 0.3) is 0 Å². The molecule has 6 nitrogen and oxygen atoms in total. The van der Waals surface area contributed by atoms with E-state index in [0.717, 1.165) is 57.0 Å². The molecule has 160 valence electrons. The first-order valence-electron chi connectivity index (χ1n) is 11.2. The molecule has 1 aliphatic heterocycles. The molecule has 1 unspecified atom stereocenters. The number of rotatable bonds is 8. The van der Waals surface area contributed by atoms with E-state index in [0.29, 0.717) is 19.1 Å². The van der Waals surface area contributed by atoms with Gasteiger partial charge in [-0.2, -0.15) is 0 Å². The largest absolute Gasteiger partial charge is 0.494 e. The number of guanidine groups is 1. The van der Waals surface area contributed by atoms with Gasteiger partial charge in [0.15, 0.2) is 5.96 Å². The molecule has 1 aliphatic carbocycles. The van der Waals surface area contributed by atoms with E-state index >= 15 is 0 Å². The van der Waals surface area contributed by atoms with Crippen molar-refractivity contribution in [2.24, 2.45) is 10.9 Å². The van der Waals surface area contributed by atoms with E-state index in [9.17, 15) is 4.79 Å². The fraction of sp³-hybridized carbons (Fsp3) is 0.652. The van der Waals surface area contributed by atoms with Crippen molar-refractivity contribution in [2.75, 3.05) is 32.8 Å². The molecule has 0 bridgehead atoms. The summed E-state index contributed by atoms with van der Waals surface area (Å²) in [6.07, 6.45) is 6.41. The number of aliphatic imine (C=N–C) groups is 1. The number of carbonyl (C=O) groups is 1. The predicted octanol–water partition coefficient (Wildman–Crippen LogP) is 2.97. The fourth-order valence-electron chi connectivity index (χ4n) is 4.28. The molecule has 2 fully saturated rings. The molecule has 1 aromatic rings. The third-order valence-electron chi connectivity index (χ3n) is 5.77. The van der Waals surface area contributed by atoms with Crippen molar-refractivity contribution < 1.29 is 9.53 Å². The lowest BCUT2D eigenvalue weighted by molar-refractivity contribution is -0.134. The number of carbonyl (C=O) groups excluding carboxylic acids is 1. The van der Waals surface area contributed by atoms with E-state index in [-0.39, 0.29) is 12.0 Å². The van der Waals surface area contributed by atoms with Gasteiger partial charge in [-0.1, -0.05) is 25.0 Å². The molecule has 2 aliphatic rings. The Balaban J connectivity index is 1.49. The average Bonchev–Trinajstić information content (AvgIpc) is 3.41. The minimum atomic E-state index is 0.267. The van der Waals surface area contributed by atoms with Gasteiger partial charge >= 0.3 is 0 Å². The van der Waals surface area contributed by atoms with Crippen LogP contribution in [0.3, 0.4) is 0 Å². The zero-order chi connectivity index (χ0) is 20.5. The van der Waals surface area contributed by atoms with Gasteiger partial charge in [0, 0.05) is 38.1 Å². The van der Waals surface area contributed by atoms with Crippen molar-refractivity contribution in [3.05, 3.63) is 29.8 Å². The Hall–Kier alpha value is -2.24. The molecule has 2 N–H and O–H groups in total. The maximum absolute atomic E-state index is 12.6. The summed E-state index contributed by atoms with van der Waals surface area (Å²) < 4.78 is 5.57. The third-order valence-corrected chi connectivity index (χ3v) is 5.77. The van der Waals surface area contributed by atoms with Gasteiger partial charge in [0.1, 0.15) is 5.75 Å². The van der Waals surface area contributed by atoms with Crippen LogP contribution in [0, 0.1) is 5.92 Å². The Morgan fingerprint density at radius 3 is 2.83 bits per heavy atom. The quantitative estimate of drug-likeness (QED) is 0.520. The van der Waals surface area contributed by atoms with Crippen molar-refractivity contribution in [2.45, 2.75) is 58.4 Å². The molecule has 1 saturated carbocycles. The lowest BCUT2D eigenvalue weighted by atomic mass is 10.1. The zero-order valence-electron chi connectivity index (χ0n) is 18.0. The maximum atomic E-state index is 12.6. The van der Waals surface area contributed by atoms with Crippen molar-refractivity contribution >= 4 is 11.9 Å². The first-order valence-corrected chi connectivity index (χ1v) is 11.2. The van der Waals surface area contributed by atoms with Crippen LogP contribution in [-0.4, -0.2) is 55.6 Å². The molecular weight excluding hydrogens is 364 g/mol. The van der Waals surface area contributed by atoms with Gasteiger partial charge < -0.3 is 20.3 Å². The Kier molecular flexibility index (Phi) is 8.20. The highest BCUT2D eigenvalue weighted by molar-refractivity contribution is 5.81. The Labute approximate surface area is 175 Å². The molecule has 1 amide bonds. The van der Waals surface area contributed by atoms with Crippen LogP contribution >= 0.6 is 0 Å². The van der Waals surface area contributed by atoms with Crippen LogP contribution < -0.4 is 15.4 Å². The monoisotopic (exact) mass is 400 g/mol. The summed E-state index contributed by atoms with van der Waals surface area (Å²) in [4.78, 5) is 19.4. The first-order chi connectivity index (χ1) is 14.2. The van der Waals surface area contributed by atoms with E-state index in [4.69, 9.17) is 9.73 Å². The summed E-state index contributed by atoms with van der Waals surface area (Å²) in [5.41, 5.74) is 1.23. The normalized spacial score (nSPS) is 20.1. The Bertz CT molecular complexity index is 685. The van der Waals surface area contributed by atoms with Gasteiger partial charge in [0.2, 0.25) is 5.91 Å². The number of nitrogens with one attached hydrogen (secondary N) is 2. The Morgan fingerprint density at radius 2 is 2.07 bits per heavy atom. The number of benzene rings is 1.